The minimum Gasteiger partial charge on any atom is -0.495 e. The van der Waals surface area contributed by atoms with Crippen molar-refractivity contribution in [3.63, 3.8) is 0 Å². The maximum Gasteiger partial charge on any atom is 0.305 e. The number of ether oxygens (including phenoxy) is 2. The van der Waals surface area contributed by atoms with Gasteiger partial charge in [0.25, 0.3) is 5.91 Å². The summed E-state index contributed by atoms with van der Waals surface area (Å²) >= 11 is 6.01. The largest absolute Gasteiger partial charge is 0.495 e. The number of carboxylic acids is 1. The Hall–Kier alpha value is -1.79. The Kier molecular flexibility index (Phi) is 6.27. The van der Waals surface area contributed by atoms with Crippen LogP contribution in [0.4, 0.5) is 5.69 Å². The Balaban J connectivity index is 2.99. The van der Waals surface area contributed by atoms with Crippen molar-refractivity contribution in [2.75, 3.05) is 32.3 Å². The molecule has 0 unspecified atom stereocenters. The molecule has 7 heteroatoms. The van der Waals surface area contributed by atoms with Gasteiger partial charge in [-0.1, -0.05) is 11.6 Å². The minimum atomic E-state index is -0.986. The van der Waals surface area contributed by atoms with E-state index >= 15 is 0 Å². The third-order valence-electron chi connectivity index (χ3n) is 2.57. The maximum atomic E-state index is 12.0. The highest BCUT2D eigenvalue weighted by Gasteiger charge is 2.18. The first-order valence-corrected chi connectivity index (χ1v) is 6.22. The monoisotopic (exact) mass is 301 g/mol. The van der Waals surface area contributed by atoms with E-state index in [2.05, 4.69) is 0 Å². The highest BCUT2D eigenvalue weighted by Crippen LogP contribution is 2.29. The number of aliphatic carboxylic acids is 1. The van der Waals surface area contributed by atoms with E-state index in [0.717, 1.165) is 0 Å². The van der Waals surface area contributed by atoms with Crippen molar-refractivity contribution in [3.8, 4) is 5.75 Å². The first-order chi connectivity index (χ1) is 9.49. The second-order valence-corrected chi connectivity index (χ2v) is 4.35. The molecule has 0 saturated carbocycles. The fourth-order valence-electron chi connectivity index (χ4n) is 1.63. The van der Waals surface area contributed by atoms with E-state index in [1.807, 2.05) is 0 Å². The van der Waals surface area contributed by atoms with Crippen LogP contribution in [0.3, 0.4) is 0 Å². The highest BCUT2D eigenvalue weighted by molar-refractivity contribution is 6.32. The van der Waals surface area contributed by atoms with Crippen LogP contribution in [0.2, 0.25) is 5.02 Å². The van der Waals surface area contributed by atoms with Crippen molar-refractivity contribution >= 4 is 29.2 Å². The molecule has 20 heavy (non-hydrogen) atoms. The van der Waals surface area contributed by atoms with Crippen LogP contribution in [0, 0.1) is 0 Å². The van der Waals surface area contributed by atoms with Crippen molar-refractivity contribution < 1.29 is 24.2 Å². The van der Waals surface area contributed by atoms with E-state index in [1.165, 1.54) is 19.1 Å². The standard InChI is InChI=1S/C13H16ClNO5/c1-19-8-12(16)15(6-5-13(17)18)9-3-4-11(20-2)10(14)7-9/h3-4,7H,5-6,8H2,1-2H3,(H,17,18). The van der Waals surface area contributed by atoms with Crippen LogP contribution in [0.1, 0.15) is 6.42 Å². The lowest BCUT2D eigenvalue weighted by molar-refractivity contribution is -0.136. The number of amides is 1. The average molecular weight is 302 g/mol. The molecule has 1 aromatic carbocycles. The molecule has 0 aliphatic carbocycles. The fourth-order valence-corrected chi connectivity index (χ4v) is 1.88. The van der Waals surface area contributed by atoms with E-state index < -0.39 is 5.97 Å². The van der Waals surface area contributed by atoms with Crippen LogP contribution in [-0.4, -0.2) is 44.4 Å². The molecular weight excluding hydrogens is 286 g/mol. The van der Waals surface area contributed by atoms with Gasteiger partial charge in [0.2, 0.25) is 0 Å². The molecule has 0 aliphatic rings. The summed E-state index contributed by atoms with van der Waals surface area (Å²) in [6, 6.07) is 4.81. The summed E-state index contributed by atoms with van der Waals surface area (Å²) in [5.74, 6) is -0.845. The predicted octanol–water partition coefficient (Wildman–Crippen LogP) is 1.80. The molecule has 0 saturated heterocycles. The zero-order valence-corrected chi connectivity index (χ0v) is 12.0. The number of hydrogen-bond acceptors (Lipinski definition) is 4. The van der Waals surface area contributed by atoms with E-state index in [9.17, 15) is 9.59 Å². The maximum absolute atomic E-state index is 12.0. The van der Waals surface area contributed by atoms with E-state index in [1.54, 1.807) is 18.2 Å². The van der Waals surface area contributed by atoms with Gasteiger partial charge < -0.3 is 19.5 Å². The summed E-state index contributed by atoms with van der Waals surface area (Å²) in [7, 11) is 2.88. The van der Waals surface area contributed by atoms with Gasteiger partial charge in [-0.3, -0.25) is 9.59 Å². The zero-order chi connectivity index (χ0) is 15.1. The summed E-state index contributed by atoms with van der Waals surface area (Å²) in [6.07, 6.45) is -0.168. The topological polar surface area (TPSA) is 76.1 Å². The van der Waals surface area contributed by atoms with Gasteiger partial charge in [0.05, 0.1) is 18.6 Å². The Morgan fingerprint density at radius 2 is 2.05 bits per heavy atom. The van der Waals surface area contributed by atoms with Crippen LogP contribution in [-0.2, 0) is 14.3 Å². The lowest BCUT2D eigenvalue weighted by Crippen LogP contribution is -2.35. The second-order valence-electron chi connectivity index (χ2n) is 3.94. The van der Waals surface area contributed by atoms with Gasteiger partial charge in [-0.2, -0.15) is 0 Å². The molecule has 0 fully saturated rings. The molecular formula is C13H16ClNO5. The highest BCUT2D eigenvalue weighted by atomic mass is 35.5. The Morgan fingerprint density at radius 1 is 1.35 bits per heavy atom. The normalized spacial score (nSPS) is 10.2. The van der Waals surface area contributed by atoms with Crippen LogP contribution >= 0.6 is 11.6 Å². The van der Waals surface area contributed by atoms with Gasteiger partial charge in [-0.15, -0.1) is 0 Å². The van der Waals surface area contributed by atoms with Crippen LogP contribution in [0.5, 0.6) is 5.75 Å². The molecule has 0 spiro atoms. The smallest absolute Gasteiger partial charge is 0.305 e. The van der Waals surface area contributed by atoms with E-state index in [-0.39, 0.29) is 25.5 Å². The van der Waals surface area contributed by atoms with Gasteiger partial charge in [0, 0.05) is 19.3 Å². The number of rotatable bonds is 7. The Morgan fingerprint density at radius 3 is 2.55 bits per heavy atom. The second kappa shape index (κ2) is 7.72. The SMILES string of the molecule is COCC(=O)N(CCC(=O)O)c1ccc(OC)c(Cl)c1. The first-order valence-electron chi connectivity index (χ1n) is 5.84. The third-order valence-corrected chi connectivity index (χ3v) is 2.86. The molecule has 1 amide bonds. The number of carbonyl (C=O) groups is 2. The van der Waals surface area contributed by atoms with Gasteiger partial charge in [-0.05, 0) is 18.2 Å². The number of hydrogen-bond donors (Lipinski definition) is 1. The van der Waals surface area contributed by atoms with E-state index in [0.29, 0.717) is 16.5 Å². The van der Waals surface area contributed by atoms with Gasteiger partial charge in [-0.25, -0.2) is 0 Å². The number of carboxylic acid groups (broad SMARTS) is 1. The molecule has 0 radical (unpaired) electrons. The molecule has 6 nitrogen and oxygen atoms in total. The third kappa shape index (κ3) is 4.40. The number of methoxy groups -OCH3 is 2. The van der Waals surface area contributed by atoms with Gasteiger partial charge in [0.1, 0.15) is 12.4 Å². The summed E-state index contributed by atoms with van der Waals surface area (Å²) in [4.78, 5) is 23.9. The number of carbonyl (C=O) groups excluding carboxylic acids is 1. The van der Waals surface area contributed by atoms with Crippen molar-refractivity contribution in [2.24, 2.45) is 0 Å². The molecule has 1 rings (SSSR count). The van der Waals surface area contributed by atoms with Crippen molar-refractivity contribution in [1.29, 1.82) is 0 Å². The minimum absolute atomic E-state index is 0.0418. The van der Waals surface area contributed by atoms with Crippen LogP contribution in [0.25, 0.3) is 0 Å². The quantitative estimate of drug-likeness (QED) is 0.831. The number of nitrogens with zero attached hydrogens (tertiary/aromatic N) is 1. The van der Waals surface area contributed by atoms with Crippen LogP contribution < -0.4 is 9.64 Å². The molecule has 1 aromatic rings. The molecule has 0 aromatic heterocycles. The molecule has 0 atom stereocenters. The number of benzene rings is 1. The molecule has 0 bridgehead atoms. The zero-order valence-electron chi connectivity index (χ0n) is 11.3. The predicted molar refractivity (Wildman–Crippen MR) is 74.5 cm³/mol. The first kappa shape index (κ1) is 16.3. The summed E-state index contributed by atoms with van der Waals surface area (Å²) < 4.78 is 9.82. The van der Waals surface area contributed by atoms with Crippen molar-refractivity contribution in [2.45, 2.75) is 6.42 Å². The molecule has 1 N–H and O–H groups in total. The molecule has 110 valence electrons. The average Bonchev–Trinajstić information content (AvgIpc) is 2.39. The Bertz CT molecular complexity index is 492. The lowest BCUT2D eigenvalue weighted by atomic mass is 10.2. The van der Waals surface area contributed by atoms with Gasteiger partial charge >= 0.3 is 5.97 Å². The summed E-state index contributed by atoms with van der Waals surface area (Å²) in [5.41, 5.74) is 0.499. The lowest BCUT2D eigenvalue weighted by Gasteiger charge is -2.22. The number of anilines is 1. The van der Waals surface area contributed by atoms with Crippen LogP contribution in [0.15, 0.2) is 18.2 Å². The fraction of sp³-hybridized carbons (Fsp3) is 0.385. The summed E-state index contributed by atoms with van der Waals surface area (Å²) in [6.45, 7) is -0.0938. The summed E-state index contributed by atoms with van der Waals surface area (Å²) in [5, 5.41) is 9.09. The van der Waals surface area contributed by atoms with Crippen molar-refractivity contribution in [3.05, 3.63) is 23.2 Å². The van der Waals surface area contributed by atoms with Crippen molar-refractivity contribution in [1.82, 2.24) is 0 Å². The van der Waals surface area contributed by atoms with E-state index in [4.69, 9.17) is 26.2 Å². The molecule has 0 aliphatic heterocycles. The molecule has 0 heterocycles. The Labute approximate surface area is 121 Å². The number of halogens is 1. The van der Waals surface area contributed by atoms with Gasteiger partial charge in [0.15, 0.2) is 0 Å².